The molecule has 0 saturated carbocycles. The lowest BCUT2D eigenvalue weighted by Crippen LogP contribution is -2.18. The first kappa shape index (κ1) is 18.1. The summed E-state index contributed by atoms with van der Waals surface area (Å²) in [6, 6.07) is 8.67. The van der Waals surface area contributed by atoms with Gasteiger partial charge in [0.2, 0.25) is 0 Å². The molecule has 0 fully saturated rings. The molecule has 1 heterocycles. The molecular weight excluding hydrogens is 331 g/mol. The molecule has 0 saturated heterocycles. The molecule has 2 rings (SSSR count). The van der Waals surface area contributed by atoms with Crippen LogP contribution in [0, 0.1) is 17.1 Å². The number of hydrogen-bond acceptors (Lipinski definition) is 7. The number of halogens is 1. The van der Waals surface area contributed by atoms with E-state index in [4.69, 9.17) is 19.5 Å². The van der Waals surface area contributed by atoms with Crippen molar-refractivity contribution in [1.82, 2.24) is 9.97 Å². The van der Waals surface area contributed by atoms with Crippen molar-refractivity contribution in [3.05, 3.63) is 47.4 Å². The van der Waals surface area contributed by atoms with Gasteiger partial charge in [-0.2, -0.15) is 10.2 Å². The lowest BCUT2D eigenvalue weighted by Gasteiger charge is -2.09. The van der Waals surface area contributed by atoms with Crippen LogP contribution in [-0.4, -0.2) is 36.4 Å². The number of nitriles is 1. The van der Waals surface area contributed by atoms with Crippen LogP contribution < -0.4 is 10.1 Å². The van der Waals surface area contributed by atoms with Gasteiger partial charge in [0.05, 0.1) is 24.4 Å². The van der Waals surface area contributed by atoms with Gasteiger partial charge in [0.25, 0.3) is 0 Å². The fourth-order valence-corrected chi connectivity index (χ4v) is 1.74. The highest BCUT2D eigenvalue weighted by Crippen LogP contribution is 2.15. The maximum atomic E-state index is 13.7. The molecule has 1 aromatic carbocycles. The number of carbonyl (C=O) groups excluding carboxylic acids is 1. The fourth-order valence-electron chi connectivity index (χ4n) is 1.74. The second-order valence-corrected chi connectivity index (χ2v) is 4.70. The van der Waals surface area contributed by atoms with Crippen molar-refractivity contribution >= 4 is 11.9 Å². The van der Waals surface area contributed by atoms with Gasteiger partial charge >= 0.3 is 12.1 Å². The standard InChI is InChI=1S/C16H15FN4O4/c1-23-5-6-24-16(22)21-14-13(17)9-19-15(20-14)25-10-12-4-2-3-11(7-12)8-18/h2-4,7,9H,5-6,10H2,1H3,(H,19,20,21,22). The predicted octanol–water partition coefficient (Wildman–Crippen LogP) is 2.26. The topological polar surface area (TPSA) is 106 Å². The van der Waals surface area contributed by atoms with E-state index in [0.717, 1.165) is 11.8 Å². The number of benzene rings is 1. The molecular formula is C16H15FN4O4. The quantitative estimate of drug-likeness (QED) is 0.766. The Morgan fingerprint density at radius 1 is 1.40 bits per heavy atom. The summed E-state index contributed by atoms with van der Waals surface area (Å²) in [6.45, 7) is 0.322. The normalized spacial score (nSPS) is 9.96. The molecule has 0 aliphatic carbocycles. The number of amides is 1. The maximum Gasteiger partial charge on any atom is 0.412 e. The Kier molecular flexibility index (Phi) is 6.62. The molecule has 0 spiro atoms. The molecule has 1 aromatic heterocycles. The van der Waals surface area contributed by atoms with Crippen molar-refractivity contribution in [2.45, 2.75) is 6.61 Å². The highest BCUT2D eigenvalue weighted by Gasteiger charge is 2.12. The van der Waals surface area contributed by atoms with Crippen LogP contribution in [0.1, 0.15) is 11.1 Å². The van der Waals surface area contributed by atoms with E-state index in [1.165, 1.54) is 7.11 Å². The van der Waals surface area contributed by atoms with Crippen LogP contribution in [0.5, 0.6) is 6.01 Å². The number of methoxy groups -OCH3 is 1. The third-order valence-electron chi connectivity index (χ3n) is 2.89. The summed E-state index contributed by atoms with van der Waals surface area (Å²) >= 11 is 0. The highest BCUT2D eigenvalue weighted by atomic mass is 19.1. The van der Waals surface area contributed by atoms with E-state index in [9.17, 15) is 9.18 Å². The Labute approximate surface area is 143 Å². The molecule has 2 aromatic rings. The van der Waals surface area contributed by atoms with E-state index >= 15 is 0 Å². The summed E-state index contributed by atoms with van der Waals surface area (Å²) in [4.78, 5) is 19.0. The van der Waals surface area contributed by atoms with Crippen LogP contribution in [0.3, 0.4) is 0 Å². The minimum absolute atomic E-state index is 0.0215. The number of nitrogens with zero attached hydrogens (tertiary/aromatic N) is 3. The lowest BCUT2D eigenvalue weighted by molar-refractivity contribution is 0.107. The summed E-state index contributed by atoms with van der Waals surface area (Å²) in [5.41, 5.74) is 1.21. The predicted molar refractivity (Wildman–Crippen MR) is 84.3 cm³/mol. The summed E-state index contributed by atoms with van der Waals surface area (Å²) in [5, 5.41) is 11.0. The van der Waals surface area contributed by atoms with Crippen LogP contribution in [0.2, 0.25) is 0 Å². The zero-order chi connectivity index (χ0) is 18.1. The average Bonchev–Trinajstić information content (AvgIpc) is 2.63. The van der Waals surface area contributed by atoms with Crippen LogP contribution in [0.25, 0.3) is 0 Å². The first-order valence-corrected chi connectivity index (χ1v) is 7.19. The number of ether oxygens (including phenoxy) is 3. The first-order chi connectivity index (χ1) is 12.1. The fraction of sp³-hybridized carbons (Fsp3) is 0.250. The number of aromatic nitrogens is 2. The zero-order valence-electron chi connectivity index (χ0n) is 13.4. The number of nitrogens with one attached hydrogen (secondary N) is 1. The van der Waals surface area contributed by atoms with Crippen molar-refractivity contribution in [2.75, 3.05) is 25.6 Å². The molecule has 1 amide bonds. The van der Waals surface area contributed by atoms with Crippen molar-refractivity contribution in [1.29, 1.82) is 5.26 Å². The maximum absolute atomic E-state index is 13.7. The van der Waals surface area contributed by atoms with Crippen molar-refractivity contribution in [3.63, 3.8) is 0 Å². The zero-order valence-corrected chi connectivity index (χ0v) is 13.4. The SMILES string of the molecule is COCCOC(=O)Nc1nc(OCc2cccc(C#N)c2)ncc1F. The van der Waals surface area contributed by atoms with E-state index in [1.807, 2.05) is 6.07 Å². The van der Waals surface area contributed by atoms with Gasteiger partial charge in [0.1, 0.15) is 13.2 Å². The van der Waals surface area contributed by atoms with Gasteiger partial charge < -0.3 is 14.2 Å². The van der Waals surface area contributed by atoms with Crippen molar-refractivity contribution in [3.8, 4) is 12.1 Å². The van der Waals surface area contributed by atoms with Crippen molar-refractivity contribution in [2.24, 2.45) is 0 Å². The Morgan fingerprint density at radius 3 is 3.00 bits per heavy atom. The van der Waals surface area contributed by atoms with E-state index in [2.05, 4.69) is 15.3 Å². The molecule has 0 aliphatic heterocycles. The minimum atomic E-state index is -0.873. The van der Waals surface area contributed by atoms with Crippen LogP contribution in [0.15, 0.2) is 30.5 Å². The minimum Gasteiger partial charge on any atom is -0.459 e. The smallest absolute Gasteiger partial charge is 0.412 e. The summed E-state index contributed by atoms with van der Waals surface area (Å²) in [7, 11) is 1.46. The largest absolute Gasteiger partial charge is 0.459 e. The van der Waals surface area contributed by atoms with Crippen molar-refractivity contribution < 1.29 is 23.4 Å². The first-order valence-electron chi connectivity index (χ1n) is 7.19. The third-order valence-corrected chi connectivity index (χ3v) is 2.89. The number of anilines is 1. The van der Waals surface area contributed by atoms with E-state index in [1.54, 1.807) is 24.3 Å². The molecule has 9 heteroatoms. The van der Waals surface area contributed by atoms with Gasteiger partial charge in [-0.05, 0) is 17.7 Å². The average molecular weight is 346 g/mol. The molecule has 8 nitrogen and oxygen atoms in total. The van der Waals surface area contributed by atoms with Gasteiger partial charge in [-0.15, -0.1) is 0 Å². The Bertz CT molecular complexity index is 779. The molecule has 0 bridgehead atoms. The molecule has 0 aliphatic rings. The molecule has 0 atom stereocenters. The molecule has 0 unspecified atom stereocenters. The lowest BCUT2D eigenvalue weighted by atomic mass is 10.1. The second-order valence-electron chi connectivity index (χ2n) is 4.70. The summed E-state index contributed by atoms with van der Waals surface area (Å²) in [6.07, 6.45) is 0.000961. The van der Waals surface area contributed by atoms with Gasteiger partial charge in [-0.25, -0.2) is 14.2 Å². The van der Waals surface area contributed by atoms with E-state index < -0.39 is 11.9 Å². The van der Waals surface area contributed by atoms with Gasteiger partial charge in [-0.3, -0.25) is 5.32 Å². The Hall–Kier alpha value is -3.25. The third kappa shape index (κ3) is 5.71. The van der Waals surface area contributed by atoms with Crippen LogP contribution in [0.4, 0.5) is 15.0 Å². The van der Waals surface area contributed by atoms with Crippen LogP contribution >= 0.6 is 0 Å². The number of rotatable bonds is 7. The monoisotopic (exact) mass is 346 g/mol. The molecule has 0 radical (unpaired) electrons. The highest BCUT2D eigenvalue weighted by molar-refractivity contribution is 5.83. The summed E-state index contributed by atoms with van der Waals surface area (Å²) in [5.74, 6) is -1.19. The van der Waals surface area contributed by atoms with E-state index in [0.29, 0.717) is 5.56 Å². The Balaban J connectivity index is 1.98. The second kappa shape index (κ2) is 9.14. The van der Waals surface area contributed by atoms with E-state index in [-0.39, 0.29) is 31.6 Å². The van der Waals surface area contributed by atoms with Crippen LogP contribution in [-0.2, 0) is 16.1 Å². The van der Waals surface area contributed by atoms with Gasteiger partial charge in [0.15, 0.2) is 11.6 Å². The number of hydrogen-bond donors (Lipinski definition) is 1. The molecule has 130 valence electrons. The molecule has 1 N–H and O–H groups in total. The summed E-state index contributed by atoms with van der Waals surface area (Å²) < 4.78 is 28.5. The Morgan fingerprint density at radius 2 is 2.24 bits per heavy atom. The van der Waals surface area contributed by atoms with Gasteiger partial charge in [-0.1, -0.05) is 12.1 Å². The molecule has 25 heavy (non-hydrogen) atoms. The van der Waals surface area contributed by atoms with Gasteiger partial charge in [0, 0.05) is 7.11 Å². The number of carbonyl (C=O) groups is 1.